The van der Waals surface area contributed by atoms with Crippen LogP contribution in [0.1, 0.15) is 4.28 Å². The van der Waals surface area contributed by atoms with Crippen molar-refractivity contribution in [2.75, 3.05) is 0 Å². The van der Waals surface area contributed by atoms with Crippen molar-refractivity contribution in [3.8, 4) is 0 Å². The average Bonchev–Trinajstić information content (AvgIpc) is 0.722. The van der Waals surface area contributed by atoms with Crippen molar-refractivity contribution >= 4 is 65.5 Å². The molecule has 0 saturated heterocycles. The summed E-state index contributed by atoms with van der Waals surface area (Å²) in [5.41, 5.74) is 0. The third-order valence-corrected chi connectivity index (χ3v) is 0. The second kappa shape index (κ2) is 10.3. The van der Waals surface area contributed by atoms with Crippen molar-refractivity contribution in [1.82, 2.24) is 0 Å². The summed E-state index contributed by atoms with van der Waals surface area (Å²) >= 11 is 0. The monoisotopic (exact) mass is 210 g/mol. The van der Waals surface area contributed by atoms with Crippen molar-refractivity contribution in [2.45, 2.75) is 0 Å². The minimum Gasteiger partial charge on any atom is -1.00 e. The van der Waals surface area contributed by atoms with Crippen LogP contribution in [0, 0.1) is 0 Å². The summed E-state index contributed by atoms with van der Waals surface area (Å²) in [4.78, 5) is 0. The second-order valence-corrected chi connectivity index (χ2v) is 1.34. The van der Waals surface area contributed by atoms with E-state index in [1.165, 1.54) is 0 Å². The van der Waals surface area contributed by atoms with Crippen LogP contribution < -0.4 is 51.4 Å². The van der Waals surface area contributed by atoms with Crippen LogP contribution in [-0.2, 0) is 10.4 Å². The number of rotatable bonds is 0. The van der Waals surface area contributed by atoms with E-state index in [0.717, 1.165) is 0 Å². The van der Waals surface area contributed by atoms with E-state index in [0.29, 0.717) is 0 Å². The molecular weight excluding hydrogens is 202 g/mol. The number of hydrogen-bond acceptors (Lipinski definition) is 2. The normalized spacial score (nSPS) is 7.25. The predicted octanol–water partition coefficient (Wildman–Crippen LogP) is -4.88. The fraction of sp³-hybridized carbons (Fsp3) is 0. The zero-order chi connectivity index (χ0) is 4.50. The molecule has 0 bridgehead atoms. The van der Waals surface area contributed by atoms with Crippen molar-refractivity contribution in [3.63, 3.8) is 0 Å². The minimum atomic E-state index is -4.67. The Bertz CT molecular complexity index is 109. The molecule has 0 aromatic carbocycles. The van der Waals surface area contributed by atoms with Gasteiger partial charge >= 0.3 is 99.5 Å². The molecule has 0 heterocycles. The molecule has 0 aliphatic heterocycles. The fourth-order valence-corrected chi connectivity index (χ4v) is 0. The molecule has 0 saturated carbocycles. The van der Waals surface area contributed by atoms with Gasteiger partial charge in [-0.15, -0.1) is 0 Å². The quantitative estimate of drug-likeness (QED) is 0.310. The van der Waals surface area contributed by atoms with Gasteiger partial charge in [-0.25, -0.2) is 0 Å². The third-order valence-electron chi connectivity index (χ3n) is 0. The maximum atomic E-state index is 8.74. The molecule has 0 rings (SSSR count). The molecule has 0 atom stereocenters. The second-order valence-electron chi connectivity index (χ2n) is 0.448. The molecule has 44 valence electrons. The minimum absolute atomic E-state index is 0. The van der Waals surface area contributed by atoms with E-state index in [9.17, 15) is 0 Å². The largest absolute Gasteiger partial charge is 2.00 e. The molecule has 8 heteroatoms. The van der Waals surface area contributed by atoms with Gasteiger partial charge in [0.05, 0.1) is 0 Å². The zero-order valence-corrected chi connectivity index (χ0v) is 9.97. The maximum absolute atomic E-state index is 8.74. The van der Waals surface area contributed by atoms with Crippen LogP contribution in [0.15, 0.2) is 0 Å². The van der Waals surface area contributed by atoms with Crippen molar-refractivity contribution in [1.29, 1.82) is 0 Å². The summed E-state index contributed by atoms with van der Waals surface area (Å²) in [7, 11) is -4.67. The average molecular weight is 210 g/mol. The van der Waals surface area contributed by atoms with E-state index in [-0.39, 0.29) is 111 Å². The Hall–Kier alpha value is 3.30. The van der Waals surface area contributed by atoms with Crippen LogP contribution in [0.3, 0.4) is 0 Å². The molecule has 2 N–H and O–H groups in total. The van der Waals surface area contributed by atoms with E-state index in [2.05, 4.69) is 0 Å². The molecule has 0 spiro atoms. The first-order valence-corrected chi connectivity index (χ1v) is 2.10. The Labute approximate surface area is 135 Å². The van der Waals surface area contributed by atoms with Crippen LogP contribution >= 0.6 is 0 Å². The standard InChI is InChI=1S/Al.Ca.K.H2O4S.6H/c;;;1-5(2,3)4;;;;;;/h;;;(H2,1,2,3,4);;;;;;/q;+2;+1;;;;;3*-1. The van der Waals surface area contributed by atoms with Crippen LogP contribution in [-0.4, -0.2) is 72.6 Å². The van der Waals surface area contributed by atoms with Gasteiger partial charge in [-0.1, -0.05) is 0 Å². The van der Waals surface area contributed by atoms with Crippen LogP contribution in [0.25, 0.3) is 0 Å². The SMILES string of the molecule is O=S(=O)(O)O.[AlH3].[Ca+2].[H-].[H-].[H-].[K+]. The molecule has 0 aliphatic carbocycles. The first-order chi connectivity index (χ1) is 2.00. The van der Waals surface area contributed by atoms with Gasteiger partial charge in [-0.3, -0.25) is 9.11 Å². The molecule has 0 aromatic heterocycles. The van der Waals surface area contributed by atoms with Gasteiger partial charge in [-0.05, 0) is 0 Å². The van der Waals surface area contributed by atoms with E-state index in [1.807, 2.05) is 0 Å². The van der Waals surface area contributed by atoms with Gasteiger partial charge in [-0.2, -0.15) is 8.42 Å². The van der Waals surface area contributed by atoms with Crippen LogP contribution in [0.4, 0.5) is 0 Å². The summed E-state index contributed by atoms with van der Waals surface area (Å²) in [6, 6.07) is 0. The summed E-state index contributed by atoms with van der Waals surface area (Å²) in [5.74, 6) is 0. The Balaban J connectivity index is -0.00000000533. The van der Waals surface area contributed by atoms with Crippen LogP contribution in [0.5, 0.6) is 0 Å². The molecule has 0 aromatic rings. The van der Waals surface area contributed by atoms with E-state index < -0.39 is 10.4 Å². The predicted molar refractivity (Wildman–Crippen MR) is 33.2 cm³/mol. The van der Waals surface area contributed by atoms with E-state index in [4.69, 9.17) is 17.5 Å². The maximum Gasteiger partial charge on any atom is 2.00 e. The van der Waals surface area contributed by atoms with Crippen LogP contribution in [0.2, 0.25) is 0 Å². The van der Waals surface area contributed by atoms with Gasteiger partial charge in [0.15, 0.2) is 17.4 Å². The Morgan fingerprint density at radius 2 is 1.25 bits per heavy atom. The number of hydrogen-bond donors (Lipinski definition) is 2. The van der Waals surface area contributed by atoms with Gasteiger partial charge in [0.2, 0.25) is 0 Å². The molecule has 0 radical (unpaired) electrons. The first-order valence-electron chi connectivity index (χ1n) is 0.698. The van der Waals surface area contributed by atoms with Gasteiger partial charge in [0, 0.05) is 0 Å². The van der Waals surface area contributed by atoms with E-state index >= 15 is 0 Å². The molecule has 4 nitrogen and oxygen atoms in total. The summed E-state index contributed by atoms with van der Waals surface area (Å²) in [6.45, 7) is 0. The molecule has 0 fully saturated rings. The van der Waals surface area contributed by atoms with Crippen molar-refractivity contribution < 1.29 is 73.2 Å². The summed E-state index contributed by atoms with van der Waals surface area (Å²) < 4.78 is 31.6. The van der Waals surface area contributed by atoms with E-state index in [1.54, 1.807) is 0 Å². The van der Waals surface area contributed by atoms with Gasteiger partial charge in [0.25, 0.3) is 0 Å². The molecule has 0 amide bonds. The third kappa shape index (κ3) is 58.9. The van der Waals surface area contributed by atoms with Crippen molar-refractivity contribution in [3.05, 3.63) is 0 Å². The molecule has 0 unspecified atom stereocenters. The summed E-state index contributed by atoms with van der Waals surface area (Å²) in [6.07, 6.45) is 0. The Morgan fingerprint density at radius 3 is 1.25 bits per heavy atom. The first kappa shape index (κ1) is 22.5. The van der Waals surface area contributed by atoms with Gasteiger partial charge < -0.3 is 4.28 Å². The summed E-state index contributed by atoms with van der Waals surface area (Å²) in [5, 5.41) is 0. The fourth-order valence-electron chi connectivity index (χ4n) is 0. The molecular formula is H8AlCaKO4S. The Kier molecular flexibility index (Phi) is 29.0. The van der Waals surface area contributed by atoms with Gasteiger partial charge in [0.1, 0.15) is 0 Å². The zero-order valence-electron chi connectivity index (χ0n) is 6.83. The molecule has 8 heavy (non-hydrogen) atoms. The topological polar surface area (TPSA) is 74.6 Å². The molecule has 0 aliphatic rings. The van der Waals surface area contributed by atoms with Crippen molar-refractivity contribution in [2.24, 2.45) is 0 Å². The Morgan fingerprint density at radius 1 is 1.25 bits per heavy atom. The smallest absolute Gasteiger partial charge is 1.00 e.